The molecule has 2 amide bonds. The topological polar surface area (TPSA) is 69.9 Å². The minimum atomic E-state index is -0.384. The summed E-state index contributed by atoms with van der Waals surface area (Å²) < 4.78 is 3.16. The highest BCUT2D eigenvalue weighted by Gasteiger charge is 2.48. The molecule has 4 rings (SSSR count). The smallest absolute Gasteiger partial charge is 0.300 e. The van der Waals surface area contributed by atoms with Crippen molar-refractivity contribution in [2.24, 2.45) is 5.10 Å². The van der Waals surface area contributed by atoms with Crippen LogP contribution in [0.4, 0.5) is 4.79 Å². The summed E-state index contributed by atoms with van der Waals surface area (Å²) in [5.74, 6) is 0. The number of halogens is 1. The molecule has 1 fully saturated rings. The van der Waals surface area contributed by atoms with E-state index in [1.807, 2.05) is 44.2 Å². The molecule has 7 nitrogen and oxygen atoms in total. The number of nitrogens with one attached hydrogen (secondary N) is 1. The molecule has 2 aromatic rings. The lowest BCUT2D eigenvalue weighted by atomic mass is 10.2. The average Bonchev–Trinajstić information content (AvgIpc) is 3.10. The third-order valence-electron chi connectivity index (χ3n) is 4.70. The van der Waals surface area contributed by atoms with E-state index in [0.29, 0.717) is 22.4 Å². The minimum Gasteiger partial charge on any atom is -0.300 e. The van der Waals surface area contributed by atoms with Gasteiger partial charge in [-0.2, -0.15) is 0 Å². The second-order valence-corrected chi connectivity index (χ2v) is 7.91. The molecular formula is C17H18BrN5O2S. The van der Waals surface area contributed by atoms with E-state index in [2.05, 4.69) is 26.5 Å². The van der Waals surface area contributed by atoms with Gasteiger partial charge in [-0.3, -0.25) is 24.6 Å². The number of urea groups is 1. The van der Waals surface area contributed by atoms with Gasteiger partial charge < -0.3 is 0 Å². The largest absolute Gasteiger partial charge is 0.323 e. The van der Waals surface area contributed by atoms with Crippen molar-refractivity contribution in [3.8, 4) is 0 Å². The van der Waals surface area contributed by atoms with Crippen LogP contribution in [0.2, 0.25) is 0 Å². The van der Waals surface area contributed by atoms with Crippen molar-refractivity contribution in [1.82, 2.24) is 19.8 Å². The number of hydrogen-bond donors (Lipinski definition) is 1. The van der Waals surface area contributed by atoms with Crippen LogP contribution in [0.1, 0.15) is 25.6 Å². The quantitative estimate of drug-likeness (QED) is 0.788. The van der Waals surface area contributed by atoms with E-state index in [0.717, 1.165) is 10.0 Å². The molecule has 1 N–H and O–H groups in total. The number of rotatable bonds is 3. The van der Waals surface area contributed by atoms with E-state index in [1.54, 1.807) is 14.4 Å². The Morgan fingerprint density at radius 2 is 1.96 bits per heavy atom. The Morgan fingerprint density at radius 1 is 1.23 bits per heavy atom. The van der Waals surface area contributed by atoms with Crippen molar-refractivity contribution in [3.63, 3.8) is 0 Å². The zero-order valence-electron chi connectivity index (χ0n) is 14.3. The molecule has 2 aliphatic rings. The van der Waals surface area contributed by atoms with Crippen molar-refractivity contribution in [2.45, 2.75) is 26.2 Å². The Morgan fingerprint density at radius 3 is 2.65 bits per heavy atom. The molecule has 2 aliphatic heterocycles. The van der Waals surface area contributed by atoms with Crippen LogP contribution >= 0.6 is 27.3 Å². The van der Waals surface area contributed by atoms with Gasteiger partial charge in [0.05, 0.1) is 4.53 Å². The van der Waals surface area contributed by atoms with Crippen molar-refractivity contribution < 1.29 is 4.79 Å². The summed E-state index contributed by atoms with van der Waals surface area (Å²) in [6, 6.07) is 7.67. The SMILES string of the molecule is CCN1C(=O)N(CC)C2C1NN=c1s/c(=C\c3ccccc3Br)c(=O)n12. The fourth-order valence-corrected chi connectivity index (χ4v) is 4.81. The zero-order valence-corrected chi connectivity index (χ0v) is 16.7. The summed E-state index contributed by atoms with van der Waals surface area (Å²) >= 11 is 4.84. The highest BCUT2D eigenvalue weighted by atomic mass is 79.9. The molecule has 1 aromatic heterocycles. The number of aromatic nitrogens is 1. The lowest BCUT2D eigenvalue weighted by Gasteiger charge is -2.29. The summed E-state index contributed by atoms with van der Waals surface area (Å²) in [5, 5.41) is 4.36. The molecule has 1 aromatic carbocycles. The molecule has 3 heterocycles. The number of carbonyl (C=O) groups is 1. The number of likely N-dealkylation sites (N-methyl/N-ethyl adjacent to an activating group) is 2. The molecule has 1 saturated heterocycles. The lowest BCUT2D eigenvalue weighted by molar-refractivity contribution is 0.151. The number of carbonyl (C=O) groups excluding carboxylic acids is 1. The number of thiazole rings is 1. The molecule has 0 spiro atoms. The molecule has 26 heavy (non-hydrogen) atoms. The maximum absolute atomic E-state index is 13.1. The van der Waals surface area contributed by atoms with Crippen LogP contribution < -0.4 is 20.3 Å². The second kappa shape index (κ2) is 6.55. The van der Waals surface area contributed by atoms with E-state index >= 15 is 0 Å². The van der Waals surface area contributed by atoms with Crippen LogP contribution in [-0.2, 0) is 0 Å². The number of amides is 2. The number of nitrogens with zero attached hydrogens (tertiary/aromatic N) is 4. The van der Waals surface area contributed by atoms with Crippen LogP contribution in [0.25, 0.3) is 6.08 Å². The molecule has 0 radical (unpaired) electrons. The maximum atomic E-state index is 13.1. The van der Waals surface area contributed by atoms with E-state index in [9.17, 15) is 9.59 Å². The third-order valence-corrected chi connectivity index (χ3v) is 6.40. The van der Waals surface area contributed by atoms with Crippen LogP contribution in [0.5, 0.6) is 0 Å². The number of fused-ring (bicyclic) bond motifs is 3. The Labute approximate surface area is 162 Å². The Hall–Kier alpha value is -2.13. The van der Waals surface area contributed by atoms with Crippen LogP contribution in [-0.4, -0.2) is 39.7 Å². The van der Waals surface area contributed by atoms with Crippen molar-refractivity contribution in [1.29, 1.82) is 0 Å². The van der Waals surface area contributed by atoms with E-state index < -0.39 is 0 Å². The van der Waals surface area contributed by atoms with E-state index in [1.165, 1.54) is 11.3 Å². The Balaban J connectivity index is 1.89. The van der Waals surface area contributed by atoms with Gasteiger partial charge in [0.25, 0.3) is 5.56 Å². The van der Waals surface area contributed by atoms with Crippen molar-refractivity contribution in [3.05, 3.63) is 54.0 Å². The molecular weight excluding hydrogens is 418 g/mol. The van der Waals surface area contributed by atoms with Gasteiger partial charge in [-0.1, -0.05) is 45.5 Å². The normalized spacial score (nSPS) is 22.1. The van der Waals surface area contributed by atoms with Gasteiger partial charge in [0.2, 0.25) is 4.80 Å². The highest BCUT2D eigenvalue weighted by Crippen LogP contribution is 2.29. The fourth-order valence-electron chi connectivity index (χ4n) is 3.45. The average molecular weight is 436 g/mol. The second-order valence-electron chi connectivity index (χ2n) is 6.04. The molecule has 0 bridgehead atoms. The van der Waals surface area contributed by atoms with Crippen molar-refractivity contribution >= 4 is 39.4 Å². The first-order valence-electron chi connectivity index (χ1n) is 8.45. The first kappa shape index (κ1) is 17.3. The standard InChI is InChI=1S/C17H18BrN5O2S/c1-3-21-13-14(22(4-2)17(21)25)23-15(24)12(26-16(23)20-19-13)9-10-7-5-6-8-11(10)18/h5-9,13-14,19H,3-4H2,1-2H3/b12-9-. The first-order chi connectivity index (χ1) is 12.6. The fraction of sp³-hybridized carbons (Fsp3) is 0.353. The minimum absolute atomic E-state index is 0.0741. The predicted octanol–water partition coefficient (Wildman–Crippen LogP) is 1.24. The summed E-state index contributed by atoms with van der Waals surface area (Å²) in [6.07, 6.45) is 1.14. The Bertz CT molecular complexity index is 1050. The molecule has 2 unspecified atom stereocenters. The highest BCUT2D eigenvalue weighted by molar-refractivity contribution is 9.10. The van der Waals surface area contributed by atoms with Crippen LogP contribution in [0.15, 0.2) is 38.6 Å². The summed E-state index contributed by atoms with van der Waals surface area (Å²) in [5.41, 5.74) is 3.87. The van der Waals surface area contributed by atoms with Crippen molar-refractivity contribution in [2.75, 3.05) is 13.1 Å². The van der Waals surface area contributed by atoms with Gasteiger partial charge >= 0.3 is 6.03 Å². The monoisotopic (exact) mass is 435 g/mol. The van der Waals surface area contributed by atoms with Gasteiger partial charge in [-0.15, -0.1) is 5.10 Å². The Kier molecular flexibility index (Phi) is 4.36. The molecule has 0 saturated carbocycles. The van der Waals surface area contributed by atoms with Gasteiger partial charge in [0.1, 0.15) is 0 Å². The van der Waals surface area contributed by atoms with E-state index in [4.69, 9.17) is 0 Å². The summed E-state index contributed by atoms with van der Waals surface area (Å²) in [4.78, 5) is 29.8. The number of hydrogen-bond acceptors (Lipinski definition) is 5. The van der Waals surface area contributed by atoms with Gasteiger partial charge in [0, 0.05) is 17.6 Å². The molecule has 9 heteroatoms. The first-order valence-corrected chi connectivity index (χ1v) is 10.1. The molecule has 2 atom stereocenters. The van der Waals surface area contributed by atoms with Crippen LogP contribution in [0, 0.1) is 0 Å². The van der Waals surface area contributed by atoms with Crippen LogP contribution in [0.3, 0.4) is 0 Å². The summed E-state index contributed by atoms with van der Waals surface area (Å²) in [6.45, 7) is 4.94. The van der Waals surface area contributed by atoms with Gasteiger partial charge in [-0.25, -0.2) is 4.79 Å². The molecule has 136 valence electrons. The lowest BCUT2D eigenvalue weighted by Crippen LogP contribution is -2.53. The summed E-state index contributed by atoms with van der Waals surface area (Å²) in [7, 11) is 0. The van der Waals surface area contributed by atoms with Gasteiger partial charge in [-0.05, 0) is 31.6 Å². The predicted molar refractivity (Wildman–Crippen MR) is 103 cm³/mol. The third kappa shape index (κ3) is 2.49. The van der Waals surface area contributed by atoms with Gasteiger partial charge in [0.15, 0.2) is 12.3 Å². The van der Waals surface area contributed by atoms with E-state index in [-0.39, 0.29) is 23.9 Å². The zero-order chi connectivity index (χ0) is 18.4. The maximum Gasteiger partial charge on any atom is 0.323 e. The number of benzene rings is 1. The molecule has 0 aliphatic carbocycles.